The highest BCUT2D eigenvalue weighted by atomic mass is 16.5. The standard InChI is InChI=1S/C14H26N4O2/c1-17(2)6-7-18-14(12(19-3)10-16-18)13(15)11-4-8-20-9-5-11/h10-11,13H,4-9,15H2,1-3H3. The van der Waals surface area contributed by atoms with E-state index in [-0.39, 0.29) is 6.04 Å². The third kappa shape index (κ3) is 3.50. The van der Waals surface area contributed by atoms with Gasteiger partial charge in [-0.25, -0.2) is 0 Å². The Hall–Kier alpha value is -1.11. The largest absolute Gasteiger partial charge is 0.493 e. The highest BCUT2D eigenvalue weighted by Crippen LogP contribution is 2.33. The van der Waals surface area contributed by atoms with Crippen LogP contribution in [0.4, 0.5) is 0 Å². The number of ether oxygens (including phenoxy) is 2. The fourth-order valence-corrected chi connectivity index (χ4v) is 2.64. The van der Waals surface area contributed by atoms with Crippen molar-refractivity contribution in [2.75, 3.05) is 41.0 Å². The summed E-state index contributed by atoms with van der Waals surface area (Å²) in [7, 11) is 5.78. The molecule has 0 bridgehead atoms. The average Bonchev–Trinajstić information content (AvgIpc) is 2.88. The van der Waals surface area contributed by atoms with Gasteiger partial charge in [-0.15, -0.1) is 0 Å². The Morgan fingerprint density at radius 2 is 2.20 bits per heavy atom. The zero-order valence-corrected chi connectivity index (χ0v) is 12.7. The minimum absolute atomic E-state index is 0.0430. The van der Waals surface area contributed by atoms with Crippen LogP contribution in [0.25, 0.3) is 0 Å². The van der Waals surface area contributed by atoms with E-state index in [0.29, 0.717) is 5.92 Å². The number of nitrogens with two attached hydrogens (primary N) is 1. The lowest BCUT2D eigenvalue weighted by molar-refractivity contribution is 0.0571. The van der Waals surface area contributed by atoms with Crippen LogP contribution in [0.15, 0.2) is 6.20 Å². The predicted octanol–water partition coefficient (Wildman–Crippen LogP) is 0.880. The molecule has 0 radical (unpaired) electrons. The molecule has 0 aliphatic carbocycles. The molecule has 0 amide bonds. The fourth-order valence-electron chi connectivity index (χ4n) is 2.64. The van der Waals surface area contributed by atoms with Gasteiger partial charge in [0.2, 0.25) is 0 Å². The first-order chi connectivity index (χ1) is 9.63. The SMILES string of the molecule is COc1cnn(CCN(C)C)c1C(N)C1CCOCC1. The molecule has 114 valence electrons. The van der Waals surface area contributed by atoms with Gasteiger partial charge in [0, 0.05) is 19.8 Å². The van der Waals surface area contributed by atoms with Crippen molar-refractivity contribution in [3.63, 3.8) is 0 Å². The first-order valence-electron chi connectivity index (χ1n) is 7.21. The highest BCUT2D eigenvalue weighted by molar-refractivity contribution is 5.28. The molecule has 0 saturated carbocycles. The Kier molecular flexibility index (Phi) is 5.39. The van der Waals surface area contributed by atoms with E-state index in [2.05, 4.69) is 24.1 Å². The van der Waals surface area contributed by atoms with E-state index in [1.54, 1.807) is 13.3 Å². The molecule has 6 nitrogen and oxygen atoms in total. The van der Waals surface area contributed by atoms with Gasteiger partial charge < -0.3 is 20.1 Å². The van der Waals surface area contributed by atoms with Crippen LogP contribution in [0, 0.1) is 5.92 Å². The van der Waals surface area contributed by atoms with E-state index in [9.17, 15) is 0 Å². The minimum Gasteiger partial charge on any atom is -0.493 e. The Bertz CT molecular complexity index is 413. The van der Waals surface area contributed by atoms with Gasteiger partial charge in [0.15, 0.2) is 5.75 Å². The van der Waals surface area contributed by atoms with Gasteiger partial charge >= 0.3 is 0 Å². The topological polar surface area (TPSA) is 65.5 Å². The lowest BCUT2D eigenvalue weighted by Crippen LogP contribution is -2.30. The van der Waals surface area contributed by atoms with Crippen molar-refractivity contribution >= 4 is 0 Å². The van der Waals surface area contributed by atoms with Gasteiger partial charge in [-0.3, -0.25) is 4.68 Å². The minimum atomic E-state index is -0.0430. The van der Waals surface area contributed by atoms with Crippen molar-refractivity contribution in [1.29, 1.82) is 0 Å². The maximum Gasteiger partial charge on any atom is 0.161 e. The van der Waals surface area contributed by atoms with Gasteiger partial charge in [0.1, 0.15) is 0 Å². The Labute approximate surface area is 120 Å². The molecule has 1 aromatic heterocycles. The van der Waals surface area contributed by atoms with Crippen LogP contribution >= 0.6 is 0 Å². The maximum absolute atomic E-state index is 6.49. The Balaban J connectivity index is 2.16. The number of hydrogen-bond donors (Lipinski definition) is 1. The number of rotatable bonds is 6. The van der Waals surface area contributed by atoms with E-state index >= 15 is 0 Å². The van der Waals surface area contributed by atoms with E-state index in [1.807, 2.05) is 4.68 Å². The molecule has 1 saturated heterocycles. The van der Waals surface area contributed by atoms with Crippen molar-refractivity contribution in [3.05, 3.63) is 11.9 Å². The first kappa shape index (κ1) is 15.3. The zero-order valence-electron chi connectivity index (χ0n) is 12.7. The van der Waals surface area contributed by atoms with Crippen molar-refractivity contribution in [2.24, 2.45) is 11.7 Å². The molecule has 0 aromatic carbocycles. The number of hydrogen-bond acceptors (Lipinski definition) is 5. The molecular formula is C14H26N4O2. The fraction of sp³-hybridized carbons (Fsp3) is 0.786. The van der Waals surface area contributed by atoms with Gasteiger partial charge in [-0.05, 0) is 32.9 Å². The first-order valence-corrected chi connectivity index (χ1v) is 7.21. The summed E-state index contributed by atoms with van der Waals surface area (Å²) in [6.07, 6.45) is 3.77. The molecule has 2 rings (SSSR count). The van der Waals surface area contributed by atoms with Crippen LogP contribution in [-0.4, -0.2) is 55.6 Å². The molecule has 6 heteroatoms. The predicted molar refractivity (Wildman–Crippen MR) is 77.8 cm³/mol. The van der Waals surface area contributed by atoms with Crippen LogP contribution < -0.4 is 10.5 Å². The molecule has 1 aromatic rings. The second-order valence-electron chi connectivity index (χ2n) is 5.60. The van der Waals surface area contributed by atoms with Crippen molar-refractivity contribution < 1.29 is 9.47 Å². The number of nitrogens with zero attached hydrogens (tertiary/aromatic N) is 3. The van der Waals surface area contributed by atoms with Gasteiger partial charge in [-0.2, -0.15) is 5.10 Å². The third-order valence-corrected chi connectivity index (χ3v) is 3.91. The van der Waals surface area contributed by atoms with E-state index in [1.165, 1.54) is 0 Å². The zero-order chi connectivity index (χ0) is 14.5. The summed E-state index contributed by atoms with van der Waals surface area (Å²) >= 11 is 0. The lowest BCUT2D eigenvalue weighted by Gasteiger charge is -2.28. The van der Waals surface area contributed by atoms with E-state index in [4.69, 9.17) is 15.2 Å². The molecule has 2 heterocycles. The molecule has 1 aliphatic rings. The van der Waals surface area contributed by atoms with Crippen LogP contribution in [0.2, 0.25) is 0 Å². The van der Waals surface area contributed by atoms with Gasteiger partial charge in [0.25, 0.3) is 0 Å². The van der Waals surface area contributed by atoms with Crippen LogP contribution in [0.1, 0.15) is 24.6 Å². The van der Waals surface area contributed by atoms with Gasteiger partial charge in [0.05, 0.1) is 31.6 Å². The summed E-state index contributed by atoms with van der Waals surface area (Å²) in [6.45, 7) is 3.35. The van der Waals surface area contributed by atoms with E-state index in [0.717, 1.165) is 50.6 Å². The molecule has 1 unspecified atom stereocenters. The summed E-state index contributed by atoms with van der Waals surface area (Å²) < 4.78 is 12.8. The summed E-state index contributed by atoms with van der Waals surface area (Å²) in [5.41, 5.74) is 7.50. The maximum atomic E-state index is 6.49. The smallest absolute Gasteiger partial charge is 0.161 e. The normalized spacial score (nSPS) is 18.4. The van der Waals surface area contributed by atoms with Crippen molar-refractivity contribution in [2.45, 2.75) is 25.4 Å². The summed E-state index contributed by atoms with van der Waals surface area (Å²) in [4.78, 5) is 2.14. The van der Waals surface area contributed by atoms with Crippen molar-refractivity contribution in [1.82, 2.24) is 14.7 Å². The van der Waals surface area contributed by atoms with E-state index < -0.39 is 0 Å². The molecule has 1 fully saturated rings. The quantitative estimate of drug-likeness (QED) is 0.839. The van der Waals surface area contributed by atoms with Crippen LogP contribution in [-0.2, 0) is 11.3 Å². The number of methoxy groups -OCH3 is 1. The van der Waals surface area contributed by atoms with Crippen LogP contribution in [0.5, 0.6) is 5.75 Å². The molecule has 2 N–H and O–H groups in total. The van der Waals surface area contributed by atoms with Gasteiger partial charge in [-0.1, -0.05) is 0 Å². The summed E-state index contributed by atoms with van der Waals surface area (Å²) in [6, 6.07) is -0.0430. The Morgan fingerprint density at radius 1 is 1.50 bits per heavy atom. The number of likely N-dealkylation sites (N-methyl/N-ethyl adjacent to an activating group) is 1. The summed E-state index contributed by atoms with van der Waals surface area (Å²) in [5, 5.41) is 4.43. The number of aromatic nitrogens is 2. The van der Waals surface area contributed by atoms with Crippen molar-refractivity contribution in [3.8, 4) is 5.75 Å². The monoisotopic (exact) mass is 282 g/mol. The average molecular weight is 282 g/mol. The highest BCUT2D eigenvalue weighted by Gasteiger charge is 2.28. The third-order valence-electron chi connectivity index (χ3n) is 3.91. The molecule has 1 atom stereocenters. The second-order valence-corrected chi connectivity index (χ2v) is 5.60. The molecule has 20 heavy (non-hydrogen) atoms. The summed E-state index contributed by atoms with van der Waals surface area (Å²) in [5.74, 6) is 1.23. The second kappa shape index (κ2) is 7.06. The molecule has 1 aliphatic heterocycles. The lowest BCUT2D eigenvalue weighted by atomic mass is 9.90. The Morgan fingerprint density at radius 3 is 2.80 bits per heavy atom. The molecular weight excluding hydrogens is 256 g/mol. The molecule has 0 spiro atoms. The van der Waals surface area contributed by atoms with Crippen LogP contribution in [0.3, 0.4) is 0 Å².